The van der Waals surface area contributed by atoms with Crippen LogP contribution in [0.15, 0.2) is 34.5 Å². The number of amides is 1. The molecule has 1 amide bonds. The van der Waals surface area contributed by atoms with Crippen LogP contribution in [0, 0.1) is 5.92 Å². The topological polar surface area (TPSA) is 94.6 Å². The average molecular weight is 505 g/mol. The molecule has 1 aromatic heterocycles. The summed E-state index contributed by atoms with van der Waals surface area (Å²) in [7, 11) is -3.24. The lowest BCUT2D eigenvalue weighted by atomic mass is 9.87. The van der Waals surface area contributed by atoms with E-state index in [1.54, 1.807) is 12.1 Å². The first-order valence-electron chi connectivity index (χ1n) is 12.1. The van der Waals surface area contributed by atoms with Crippen molar-refractivity contribution < 1.29 is 22.7 Å². The summed E-state index contributed by atoms with van der Waals surface area (Å²) in [5, 5.41) is 5.20. The molecule has 0 radical (unpaired) electrons. The minimum absolute atomic E-state index is 0.102. The summed E-state index contributed by atoms with van der Waals surface area (Å²) in [5.74, 6) is -0.583. The Kier molecular flexibility index (Phi) is 6.56. The van der Waals surface area contributed by atoms with Crippen LogP contribution >= 0.6 is 11.3 Å². The van der Waals surface area contributed by atoms with E-state index < -0.39 is 15.6 Å². The number of aromatic nitrogens is 1. The molecule has 7 nitrogen and oxygen atoms in total. The van der Waals surface area contributed by atoms with E-state index in [4.69, 9.17) is 9.47 Å². The van der Waals surface area contributed by atoms with Gasteiger partial charge in [0.15, 0.2) is 20.8 Å². The zero-order chi connectivity index (χ0) is 23.9. The smallest absolute Gasteiger partial charge is 0.233 e. The van der Waals surface area contributed by atoms with Gasteiger partial charge in [-0.25, -0.2) is 13.4 Å². The van der Waals surface area contributed by atoms with Crippen molar-refractivity contribution in [1.82, 2.24) is 4.98 Å². The van der Waals surface area contributed by atoms with Crippen LogP contribution in [0.25, 0.3) is 0 Å². The Morgan fingerprint density at radius 2 is 1.88 bits per heavy atom. The molecule has 2 aromatic rings. The summed E-state index contributed by atoms with van der Waals surface area (Å²) in [4.78, 5) is 18.3. The van der Waals surface area contributed by atoms with Crippen molar-refractivity contribution >= 4 is 32.2 Å². The Labute approximate surface area is 205 Å². The fourth-order valence-corrected chi connectivity index (χ4v) is 7.36. The van der Waals surface area contributed by atoms with Crippen molar-refractivity contribution in [2.75, 3.05) is 11.9 Å². The Hall–Kier alpha value is -1.81. The first-order chi connectivity index (χ1) is 16.2. The SMILES string of the molecule is CC1(C)OCC(c2csc(NC(=O)[C@@H](CC3CCCC3)c3ccc(S(=O)(=O)C4CC4)cc3)n2)O1. The number of hydrogen-bond acceptors (Lipinski definition) is 7. The molecule has 1 aromatic carbocycles. The number of nitrogens with one attached hydrogen (secondary N) is 1. The van der Waals surface area contributed by atoms with Crippen molar-refractivity contribution in [3.05, 3.63) is 40.9 Å². The van der Waals surface area contributed by atoms with Crippen LogP contribution in [0.5, 0.6) is 0 Å². The molecule has 2 saturated carbocycles. The number of benzene rings is 1. The summed E-state index contributed by atoms with van der Waals surface area (Å²) >= 11 is 1.38. The number of nitrogens with zero attached hydrogens (tertiary/aromatic N) is 1. The third-order valence-corrected chi connectivity index (χ3v) is 10.1. The molecule has 184 valence electrons. The molecule has 5 rings (SSSR count). The lowest BCUT2D eigenvalue weighted by molar-refractivity contribution is -0.139. The molecule has 1 unspecified atom stereocenters. The maximum Gasteiger partial charge on any atom is 0.233 e. The van der Waals surface area contributed by atoms with Crippen LogP contribution in [0.2, 0.25) is 0 Å². The third kappa shape index (κ3) is 5.22. The summed E-state index contributed by atoms with van der Waals surface area (Å²) in [6, 6.07) is 6.96. The number of thiazole rings is 1. The molecule has 9 heteroatoms. The largest absolute Gasteiger partial charge is 0.347 e. The van der Waals surface area contributed by atoms with Gasteiger partial charge in [0, 0.05) is 5.38 Å². The van der Waals surface area contributed by atoms with Crippen LogP contribution in [-0.4, -0.2) is 37.0 Å². The number of ether oxygens (including phenoxy) is 2. The normalized spacial score (nSPS) is 23.8. The van der Waals surface area contributed by atoms with Gasteiger partial charge >= 0.3 is 0 Å². The summed E-state index contributed by atoms with van der Waals surface area (Å²) in [6.07, 6.45) is 6.66. The lowest BCUT2D eigenvalue weighted by Gasteiger charge is -2.20. The van der Waals surface area contributed by atoms with Crippen molar-refractivity contribution in [2.24, 2.45) is 5.92 Å². The molecule has 2 heterocycles. The highest BCUT2D eigenvalue weighted by molar-refractivity contribution is 7.92. The van der Waals surface area contributed by atoms with Gasteiger partial charge < -0.3 is 14.8 Å². The van der Waals surface area contributed by atoms with E-state index in [-0.39, 0.29) is 23.2 Å². The Morgan fingerprint density at radius 1 is 1.18 bits per heavy atom. The van der Waals surface area contributed by atoms with Crippen molar-refractivity contribution in [1.29, 1.82) is 0 Å². The zero-order valence-corrected chi connectivity index (χ0v) is 21.3. The predicted octanol–water partition coefficient (Wildman–Crippen LogP) is 5.21. The molecular weight excluding hydrogens is 472 g/mol. The highest BCUT2D eigenvalue weighted by atomic mass is 32.2. The van der Waals surface area contributed by atoms with Crippen molar-refractivity contribution in [3.8, 4) is 0 Å². The molecular formula is C25H32N2O5S2. The number of carbonyl (C=O) groups is 1. The minimum atomic E-state index is -3.24. The lowest BCUT2D eigenvalue weighted by Crippen LogP contribution is -2.23. The van der Waals surface area contributed by atoms with Gasteiger partial charge in [0.1, 0.15) is 6.10 Å². The summed E-state index contributed by atoms with van der Waals surface area (Å²) in [6.45, 7) is 4.18. The third-order valence-electron chi connectivity index (χ3n) is 7.02. The molecule has 3 aliphatic rings. The molecule has 3 fully saturated rings. The van der Waals surface area contributed by atoms with Crippen LogP contribution in [0.4, 0.5) is 5.13 Å². The second-order valence-electron chi connectivity index (χ2n) is 10.1. The van der Waals surface area contributed by atoms with Gasteiger partial charge in [-0.05, 0) is 56.7 Å². The van der Waals surface area contributed by atoms with E-state index in [0.29, 0.717) is 22.6 Å². The standard InChI is InChI=1S/C25H32N2O5S2/c1-25(2)31-14-22(32-25)21-15-33-24(26-21)27-23(28)20(13-16-5-3-4-6-16)17-7-9-18(10-8-17)34(29,30)19-11-12-19/h7-10,15-16,19-20,22H,3-6,11-14H2,1-2H3,(H,26,27,28)/t20-,22?/m0/s1. The zero-order valence-electron chi connectivity index (χ0n) is 19.7. The number of anilines is 1. The first-order valence-corrected chi connectivity index (χ1v) is 14.6. The second kappa shape index (κ2) is 9.33. The number of carbonyl (C=O) groups excluding carboxylic acids is 1. The van der Waals surface area contributed by atoms with Gasteiger partial charge in [-0.2, -0.15) is 0 Å². The van der Waals surface area contributed by atoms with E-state index in [1.165, 1.54) is 24.2 Å². The first kappa shape index (κ1) is 23.9. The van der Waals surface area contributed by atoms with Crippen LogP contribution in [-0.2, 0) is 24.1 Å². The van der Waals surface area contributed by atoms with Gasteiger partial charge in [0.25, 0.3) is 0 Å². The summed E-state index contributed by atoms with van der Waals surface area (Å²) < 4.78 is 36.7. The highest BCUT2D eigenvalue weighted by Crippen LogP contribution is 2.38. The van der Waals surface area contributed by atoms with Gasteiger partial charge in [0.05, 0.1) is 28.4 Å². The molecule has 1 N–H and O–H groups in total. The highest BCUT2D eigenvalue weighted by Gasteiger charge is 2.37. The van der Waals surface area contributed by atoms with E-state index in [9.17, 15) is 13.2 Å². The predicted molar refractivity (Wildman–Crippen MR) is 131 cm³/mol. The van der Waals surface area contributed by atoms with Gasteiger partial charge in [-0.3, -0.25) is 4.79 Å². The van der Waals surface area contributed by atoms with Crippen LogP contribution in [0.1, 0.15) is 82.1 Å². The molecule has 2 atom stereocenters. The molecule has 2 aliphatic carbocycles. The van der Waals surface area contributed by atoms with Gasteiger partial charge in [0.2, 0.25) is 5.91 Å². The van der Waals surface area contributed by atoms with Crippen molar-refractivity contribution in [2.45, 2.75) is 86.7 Å². The number of sulfone groups is 1. The summed E-state index contributed by atoms with van der Waals surface area (Å²) in [5.41, 5.74) is 1.61. The Morgan fingerprint density at radius 3 is 2.50 bits per heavy atom. The van der Waals surface area contributed by atoms with E-state index >= 15 is 0 Å². The molecule has 0 bridgehead atoms. The van der Waals surface area contributed by atoms with Gasteiger partial charge in [-0.15, -0.1) is 11.3 Å². The fraction of sp³-hybridized carbons (Fsp3) is 0.600. The Bertz CT molecular complexity index is 1130. The van der Waals surface area contributed by atoms with E-state index in [0.717, 1.165) is 43.4 Å². The number of rotatable bonds is 8. The maximum absolute atomic E-state index is 13.4. The Balaban J connectivity index is 1.32. The minimum Gasteiger partial charge on any atom is -0.347 e. The number of hydrogen-bond donors (Lipinski definition) is 1. The van der Waals surface area contributed by atoms with Crippen LogP contribution in [0.3, 0.4) is 0 Å². The van der Waals surface area contributed by atoms with E-state index in [2.05, 4.69) is 10.3 Å². The average Bonchev–Trinajstić information content (AvgIpc) is 3.18. The van der Waals surface area contributed by atoms with Gasteiger partial charge in [-0.1, -0.05) is 37.8 Å². The van der Waals surface area contributed by atoms with E-state index in [1.807, 2.05) is 31.4 Å². The van der Waals surface area contributed by atoms with Crippen molar-refractivity contribution in [3.63, 3.8) is 0 Å². The monoisotopic (exact) mass is 504 g/mol. The molecule has 1 aliphatic heterocycles. The van der Waals surface area contributed by atoms with Crippen LogP contribution < -0.4 is 5.32 Å². The molecule has 0 spiro atoms. The second-order valence-corrected chi connectivity index (χ2v) is 13.2. The molecule has 34 heavy (non-hydrogen) atoms. The maximum atomic E-state index is 13.4. The fourth-order valence-electron chi connectivity index (χ4n) is 4.95. The quantitative estimate of drug-likeness (QED) is 0.531. The molecule has 1 saturated heterocycles.